The maximum Gasteiger partial charge on any atom is 0.335 e. The number of amides is 1. The molecule has 4 N–H and O–H groups in total. The Morgan fingerprint density at radius 1 is 1.08 bits per heavy atom. The highest BCUT2D eigenvalue weighted by molar-refractivity contribution is 8.00. The number of carboxylic acids is 1. The van der Waals surface area contributed by atoms with E-state index in [2.05, 4.69) is 5.32 Å². The van der Waals surface area contributed by atoms with Gasteiger partial charge < -0.3 is 16.2 Å². The number of rotatable bonds is 8. The first-order valence-corrected chi connectivity index (χ1v) is 9.22. The van der Waals surface area contributed by atoms with Gasteiger partial charge in [0.05, 0.1) is 10.8 Å². The SMILES string of the molecule is CS[C@H](C(=O)NCc1ccccc1)[C@@H](N)Cc1ccc(C(=O)O)cc1. The smallest absolute Gasteiger partial charge is 0.335 e. The van der Waals surface area contributed by atoms with Gasteiger partial charge in [0.15, 0.2) is 0 Å². The second-order valence-corrected chi connectivity index (χ2v) is 6.71. The predicted octanol–water partition coefficient (Wildman–Crippen LogP) is 2.30. The van der Waals surface area contributed by atoms with E-state index >= 15 is 0 Å². The van der Waals surface area contributed by atoms with E-state index in [4.69, 9.17) is 10.8 Å². The summed E-state index contributed by atoms with van der Waals surface area (Å²) < 4.78 is 0. The molecule has 132 valence electrons. The number of carbonyl (C=O) groups is 2. The Morgan fingerprint density at radius 3 is 2.28 bits per heavy atom. The van der Waals surface area contributed by atoms with Crippen LogP contribution in [-0.2, 0) is 17.8 Å². The van der Waals surface area contributed by atoms with Gasteiger partial charge in [0.2, 0.25) is 5.91 Å². The van der Waals surface area contributed by atoms with Crippen molar-refractivity contribution in [3.8, 4) is 0 Å². The van der Waals surface area contributed by atoms with Crippen LogP contribution in [0.2, 0.25) is 0 Å². The van der Waals surface area contributed by atoms with Gasteiger partial charge >= 0.3 is 5.97 Å². The standard InChI is InChI=1S/C19H22N2O3S/c1-25-17(18(22)21-12-14-5-3-2-4-6-14)16(20)11-13-7-9-15(10-8-13)19(23)24/h2-10,16-17H,11-12,20H2,1H3,(H,21,22)(H,23,24)/t16-,17-/m0/s1. The van der Waals surface area contributed by atoms with Crippen molar-refractivity contribution in [2.75, 3.05) is 6.26 Å². The normalized spacial score (nSPS) is 13.0. The number of thioether (sulfide) groups is 1. The zero-order valence-corrected chi connectivity index (χ0v) is 14.8. The predicted molar refractivity (Wildman–Crippen MR) is 101 cm³/mol. The Kier molecular flexibility index (Phi) is 7.03. The fraction of sp³-hybridized carbons (Fsp3) is 0.263. The summed E-state index contributed by atoms with van der Waals surface area (Å²) in [5, 5.41) is 11.5. The summed E-state index contributed by atoms with van der Waals surface area (Å²) in [4.78, 5) is 23.3. The number of aromatic carboxylic acids is 1. The molecule has 6 heteroatoms. The highest BCUT2D eigenvalue weighted by Gasteiger charge is 2.24. The molecule has 0 unspecified atom stereocenters. The van der Waals surface area contributed by atoms with Gasteiger partial charge in [-0.1, -0.05) is 42.5 Å². The van der Waals surface area contributed by atoms with E-state index in [-0.39, 0.29) is 22.8 Å². The number of benzene rings is 2. The maximum absolute atomic E-state index is 12.4. The third-order valence-electron chi connectivity index (χ3n) is 3.88. The molecular weight excluding hydrogens is 336 g/mol. The minimum absolute atomic E-state index is 0.0917. The van der Waals surface area contributed by atoms with Gasteiger partial charge in [0, 0.05) is 12.6 Å². The van der Waals surface area contributed by atoms with Gasteiger partial charge in [0.25, 0.3) is 0 Å². The third kappa shape index (κ3) is 5.62. The van der Waals surface area contributed by atoms with Crippen LogP contribution in [-0.4, -0.2) is 34.5 Å². The molecule has 0 heterocycles. The average Bonchev–Trinajstić information content (AvgIpc) is 2.62. The lowest BCUT2D eigenvalue weighted by molar-refractivity contribution is -0.121. The van der Waals surface area contributed by atoms with Crippen LogP contribution in [0.25, 0.3) is 0 Å². The highest BCUT2D eigenvalue weighted by Crippen LogP contribution is 2.15. The van der Waals surface area contributed by atoms with Crippen LogP contribution in [0.4, 0.5) is 0 Å². The average molecular weight is 358 g/mol. The van der Waals surface area contributed by atoms with Crippen LogP contribution in [0.3, 0.4) is 0 Å². The van der Waals surface area contributed by atoms with E-state index in [1.54, 1.807) is 24.3 Å². The minimum atomic E-state index is -0.960. The largest absolute Gasteiger partial charge is 0.478 e. The van der Waals surface area contributed by atoms with Crippen molar-refractivity contribution in [1.29, 1.82) is 0 Å². The summed E-state index contributed by atoms with van der Waals surface area (Å²) in [6.07, 6.45) is 2.37. The Bertz CT molecular complexity index is 704. The van der Waals surface area contributed by atoms with Crippen LogP contribution >= 0.6 is 11.8 Å². The molecule has 0 saturated heterocycles. The van der Waals surface area contributed by atoms with Gasteiger partial charge in [-0.05, 0) is 35.9 Å². The van der Waals surface area contributed by atoms with Crippen molar-refractivity contribution >= 4 is 23.6 Å². The number of carboxylic acid groups (broad SMARTS) is 1. The quantitative estimate of drug-likeness (QED) is 0.673. The molecule has 2 aromatic rings. The Labute approximate surface area is 151 Å². The summed E-state index contributed by atoms with van der Waals surface area (Å²) in [5.74, 6) is -1.05. The van der Waals surface area contributed by atoms with Crippen molar-refractivity contribution in [2.24, 2.45) is 5.73 Å². The van der Waals surface area contributed by atoms with Crippen LogP contribution in [0, 0.1) is 0 Å². The fourth-order valence-electron chi connectivity index (χ4n) is 2.52. The Balaban J connectivity index is 1.93. The summed E-state index contributed by atoms with van der Waals surface area (Å²) in [7, 11) is 0. The molecule has 0 aliphatic carbocycles. The first-order chi connectivity index (χ1) is 12.0. The van der Waals surface area contributed by atoms with Crippen LogP contribution in [0.1, 0.15) is 21.5 Å². The first-order valence-electron chi connectivity index (χ1n) is 7.93. The maximum atomic E-state index is 12.4. The van der Waals surface area contributed by atoms with Gasteiger partial charge in [0.1, 0.15) is 0 Å². The van der Waals surface area contributed by atoms with Crippen molar-refractivity contribution in [3.63, 3.8) is 0 Å². The third-order valence-corrected chi connectivity index (χ3v) is 4.95. The summed E-state index contributed by atoms with van der Waals surface area (Å²) in [6, 6.07) is 15.9. The molecule has 1 amide bonds. The lowest BCUT2D eigenvalue weighted by atomic mass is 10.0. The van der Waals surface area contributed by atoms with Crippen LogP contribution in [0.5, 0.6) is 0 Å². The van der Waals surface area contributed by atoms with Crippen molar-refractivity contribution in [2.45, 2.75) is 24.3 Å². The monoisotopic (exact) mass is 358 g/mol. The molecule has 25 heavy (non-hydrogen) atoms. The lowest BCUT2D eigenvalue weighted by Gasteiger charge is -2.21. The molecule has 0 bridgehead atoms. The van der Waals surface area contributed by atoms with E-state index in [0.717, 1.165) is 11.1 Å². The van der Waals surface area contributed by atoms with E-state index in [0.29, 0.717) is 13.0 Å². The topological polar surface area (TPSA) is 92.4 Å². The van der Waals surface area contributed by atoms with Gasteiger partial charge in [-0.2, -0.15) is 11.8 Å². The van der Waals surface area contributed by atoms with Crippen LogP contribution < -0.4 is 11.1 Å². The van der Waals surface area contributed by atoms with E-state index in [1.165, 1.54) is 11.8 Å². The molecule has 2 rings (SSSR count). The van der Waals surface area contributed by atoms with Crippen molar-refractivity contribution in [1.82, 2.24) is 5.32 Å². The number of nitrogens with one attached hydrogen (secondary N) is 1. The van der Waals surface area contributed by atoms with Crippen LogP contribution in [0.15, 0.2) is 54.6 Å². The molecule has 5 nitrogen and oxygen atoms in total. The van der Waals surface area contributed by atoms with E-state index in [1.807, 2.05) is 36.6 Å². The van der Waals surface area contributed by atoms with Gasteiger partial charge in [-0.15, -0.1) is 0 Å². The molecule has 0 spiro atoms. The molecule has 2 atom stereocenters. The fourth-order valence-corrected chi connectivity index (χ4v) is 3.27. The van der Waals surface area contributed by atoms with Crippen molar-refractivity contribution < 1.29 is 14.7 Å². The zero-order valence-electron chi connectivity index (χ0n) is 14.0. The Morgan fingerprint density at radius 2 is 1.72 bits per heavy atom. The molecule has 2 aromatic carbocycles. The molecule has 0 radical (unpaired) electrons. The molecule has 0 aliphatic heterocycles. The van der Waals surface area contributed by atoms with Gasteiger partial charge in [-0.3, -0.25) is 4.79 Å². The van der Waals surface area contributed by atoms with E-state index < -0.39 is 5.97 Å². The highest BCUT2D eigenvalue weighted by atomic mass is 32.2. The number of hydrogen-bond donors (Lipinski definition) is 3. The summed E-state index contributed by atoms with van der Waals surface area (Å²) >= 11 is 1.42. The summed E-state index contributed by atoms with van der Waals surface area (Å²) in [6.45, 7) is 0.469. The summed E-state index contributed by atoms with van der Waals surface area (Å²) in [5.41, 5.74) is 8.41. The Hall–Kier alpha value is -2.31. The molecular formula is C19H22N2O3S. The minimum Gasteiger partial charge on any atom is -0.478 e. The molecule has 0 aliphatic rings. The zero-order chi connectivity index (χ0) is 18.2. The number of hydrogen-bond acceptors (Lipinski definition) is 4. The lowest BCUT2D eigenvalue weighted by Crippen LogP contribution is -2.45. The van der Waals surface area contributed by atoms with E-state index in [9.17, 15) is 9.59 Å². The molecule has 0 saturated carbocycles. The molecule has 0 fully saturated rings. The van der Waals surface area contributed by atoms with Gasteiger partial charge in [-0.25, -0.2) is 4.79 Å². The second kappa shape index (κ2) is 9.25. The molecule has 0 aromatic heterocycles. The van der Waals surface area contributed by atoms with Crippen molar-refractivity contribution in [3.05, 3.63) is 71.3 Å². The number of nitrogens with two attached hydrogens (primary N) is 1. The number of carbonyl (C=O) groups excluding carboxylic acids is 1. The second-order valence-electron chi connectivity index (χ2n) is 5.73. The first kappa shape index (κ1) is 19.0.